The van der Waals surface area contributed by atoms with Crippen molar-refractivity contribution in [3.8, 4) is 5.75 Å². The van der Waals surface area contributed by atoms with Crippen LogP contribution in [0.1, 0.15) is 24.5 Å². The van der Waals surface area contributed by atoms with Crippen molar-refractivity contribution >= 4 is 5.69 Å². The number of benzene rings is 1. The number of fused-ring (bicyclic) bond motifs is 1. The van der Waals surface area contributed by atoms with Gasteiger partial charge in [0, 0.05) is 12.6 Å². The monoisotopic (exact) mass is 206 g/mol. The van der Waals surface area contributed by atoms with Gasteiger partial charge in [0.1, 0.15) is 5.75 Å². The molecule has 3 heteroatoms. The van der Waals surface area contributed by atoms with E-state index in [0.717, 1.165) is 24.4 Å². The minimum atomic E-state index is 0.574. The highest BCUT2D eigenvalue weighted by molar-refractivity contribution is 5.57. The highest BCUT2D eigenvalue weighted by Gasteiger charge is 2.14. The molecule has 1 aromatic carbocycles. The highest BCUT2D eigenvalue weighted by atomic mass is 16.5. The molecule has 0 saturated carbocycles. The van der Waals surface area contributed by atoms with Crippen LogP contribution in [0.25, 0.3) is 0 Å². The van der Waals surface area contributed by atoms with Crippen molar-refractivity contribution in [3.63, 3.8) is 0 Å². The van der Waals surface area contributed by atoms with E-state index < -0.39 is 0 Å². The van der Waals surface area contributed by atoms with Crippen molar-refractivity contribution in [2.45, 2.75) is 32.4 Å². The standard InChI is InChI=1S/C12H18N2O/c1-8-3-4-9-5-11(13)12(15-2)6-10(9)7-14-8/h5-6,8,14H,3-4,7,13H2,1-2H3. The average molecular weight is 206 g/mol. The summed E-state index contributed by atoms with van der Waals surface area (Å²) in [5.41, 5.74) is 9.30. The lowest BCUT2D eigenvalue weighted by Gasteiger charge is -2.11. The summed E-state index contributed by atoms with van der Waals surface area (Å²) in [4.78, 5) is 0. The predicted octanol–water partition coefficient (Wildman–Crippen LogP) is 1.70. The lowest BCUT2D eigenvalue weighted by atomic mass is 10.0. The van der Waals surface area contributed by atoms with Crippen LogP contribution in [-0.4, -0.2) is 13.2 Å². The Balaban J connectivity index is 2.36. The number of methoxy groups -OCH3 is 1. The molecular formula is C12H18N2O. The second-order valence-electron chi connectivity index (χ2n) is 4.18. The lowest BCUT2D eigenvalue weighted by Crippen LogP contribution is -2.23. The molecule has 1 aromatic rings. The maximum absolute atomic E-state index is 5.90. The highest BCUT2D eigenvalue weighted by Crippen LogP contribution is 2.28. The Labute approximate surface area is 90.6 Å². The number of ether oxygens (including phenoxy) is 1. The van der Waals surface area contributed by atoms with Gasteiger partial charge in [-0.3, -0.25) is 0 Å². The van der Waals surface area contributed by atoms with E-state index in [-0.39, 0.29) is 0 Å². The Morgan fingerprint density at radius 1 is 1.40 bits per heavy atom. The van der Waals surface area contributed by atoms with E-state index in [4.69, 9.17) is 10.5 Å². The van der Waals surface area contributed by atoms with Crippen molar-refractivity contribution < 1.29 is 4.74 Å². The first-order chi connectivity index (χ1) is 7.20. The normalized spacial score (nSPS) is 20.5. The molecule has 2 rings (SSSR count). The van der Waals surface area contributed by atoms with Gasteiger partial charge >= 0.3 is 0 Å². The third-order valence-electron chi connectivity index (χ3n) is 3.04. The maximum Gasteiger partial charge on any atom is 0.142 e. The first kappa shape index (κ1) is 10.3. The number of nitrogens with two attached hydrogens (primary N) is 1. The van der Waals surface area contributed by atoms with Gasteiger partial charge in [0.15, 0.2) is 0 Å². The van der Waals surface area contributed by atoms with Gasteiger partial charge in [-0.2, -0.15) is 0 Å². The van der Waals surface area contributed by atoms with Crippen LogP contribution in [0.3, 0.4) is 0 Å². The molecule has 0 saturated heterocycles. The molecular weight excluding hydrogens is 188 g/mol. The molecule has 1 unspecified atom stereocenters. The van der Waals surface area contributed by atoms with Gasteiger partial charge in [-0.05, 0) is 43.0 Å². The molecule has 1 aliphatic rings. The number of anilines is 1. The Hall–Kier alpha value is -1.22. The molecule has 82 valence electrons. The van der Waals surface area contributed by atoms with E-state index in [9.17, 15) is 0 Å². The number of nitrogens with one attached hydrogen (secondary N) is 1. The molecule has 0 radical (unpaired) electrons. The average Bonchev–Trinajstić information content (AvgIpc) is 2.40. The molecule has 1 atom stereocenters. The smallest absolute Gasteiger partial charge is 0.142 e. The number of rotatable bonds is 1. The zero-order chi connectivity index (χ0) is 10.8. The summed E-state index contributed by atoms with van der Waals surface area (Å²) in [5, 5.41) is 3.48. The van der Waals surface area contributed by atoms with Crippen LogP contribution in [0.15, 0.2) is 12.1 Å². The third kappa shape index (κ3) is 2.07. The van der Waals surface area contributed by atoms with Crippen molar-refractivity contribution in [2.75, 3.05) is 12.8 Å². The molecule has 0 spiro atoms. The van der Waals surface area contributed by atoms with Crippen LogP contribution in [0, 0.1) is 0 Å². The molecule has 3 nitrogen and oxygen atoms in total. The van der Waals surface area contributed by atoms with Crippen molar-refractivity contribution in [1.82, 2.24) is 5.32 Å². The van der Waals surface area contributed by atoms with Gasteiger partial charge in [-0.25, -0.2) is 0 Å². The molecule has 0 bridgehead atoms. The maximum atomic E-state index is 5.90. The molecule has 1 aliphatic heterocycles. The van der Waals surface area contributed by atoms with Crippen LogP contribution in [0.2, 0.25) is 0 Å². The summed E-state index contributed by atoms with van der Waals surface area (Å²) in [7, 11) is 1.66. The lowest BCUT2D eigenvalue weighted by molar-refractivity contribution is 0.416. The van der Waals surface area contributed by atoms with Crippen LogP contribution >= 0.6 is 0 Å². The summed E-state index contributed by atoms with van der Waals surface area (Å²) >= 11 is 0. The molecule has 0 aromatic heterocycles. The van der Waals surface area contributed by atoms with E-state index in [1.165, 1.54) is 17.5 Å². The molecule has 3 N–H and O–H groups in total. The van der Waals surface area contributed by atoms with Gasteiger partial charge < -0.3 is 15.8 Å². The van der Waals surface area contributed by atoms with Gasteiger partial charge in [-0.1, -0.05) is 0 Å². The quantitative estimate of drug-likeness (QED) is 0.687. The summed E-state index contributed by atoms with van der Waals surface area (Å²) in [6, 6.07) is 4.67. The molecule has 0 amide bonds. The Morgan fingerprint density at radius 3 is 2.93 bits per heavy atom. The minimum Gasteiger partial charge on any atom is -0.495 e. The van der Waals surface area contributed by atoms with Crippen molar-refractivity contribution in [1.29, 1.82) is 0 Å². The van der Waals surface area contributed by atoms with E-state index in [1.54, 1.807) is 7.11 Å². The molecule has 15 heavy (non-hydrogen) atoms. The van der Waals surface area contributed by atoms with Crippen LogP contribution in [-0.2, 0) is 13.0 Å². The fourth-order valence-corrected chi connectivity index (χ4v) is 2.02. The van der Waals surface area contributed by atoms with E-state index in [0.29, 0.717) is 6.04 Å². The minimum absolute atomic E-state index is 0.574. The zero-order valence-electron chi connectivity index (χ0n) is 9.34. The second-order valence-corrected chi connectivity index (χ2v) is 4.18. The number of nitrogen functional groups attached to an aromatic ring is 1. The number of aryl methyl sites for hydroxylation is 1. The van der Waals surface area contributed by atoms with Gasteiger partial charge in [0.25, 0.3) is 0 Å². The SMILES string of the molecule is COc1cc2c(cc1N)CCC(C)NC2. The fraction of sp³-hybridized carbons (Fsp3) is 0.500. The van der Waals surface area contributed by atoms with Gasteiger partial charge in [-0.15, -0.1) is 0 Å². The van der Waals surface area contributed by atoms with Crippen LogP contribution in [0.4, 0.5) is 5.69 Å². The van der Waals surface area contributed by atoms with Crippen molar-refractivity contribution in [2.24, 2.45) is 0 Å². The van der Waals surface area contributed by atoms with Gasteiger partial charge in [0.05, 0.1) is 12.8 Å². The largest absolute Gasteiger partial charge is 0.495 e. The van der Waals surface area contributed by atoms with Crippen LogP contribution in [0.5, 0.6) is 5.75 Å². The first-order valence-electron chi connectivity index (χ1n) is 5.39. The van der Waals surface area contributed by atoms with E-state index in [2.05, 4.69) is 18.3 Å². The Kier molecular flexibility index (Phi) is 2.82. The predicted molar refractivity (Wildman–Crippen MR) is 62.0 cm³/mol. The Bertz CT molecular complexity index is 363. The summed E-state index contributed by atoms with van der Waals surface area (Å²) < 4.78 is 5.23. The Morgan fingerprint density at radius 2 is 2.20 bits per heavy atom. The van der Waals surface area contributed by atoms with E-state index in [1.807, 2.05) is 6.07 Å². The van der Waals surface area contributed by atoms with Gasteiger partial charge in [0.2, 0.25) is 0 Å². The first-order valence-corrected chi connectivity index (χ1v) is 5.39. The fourth-order valence-electron chi connectivity index (χ4n) is 2.02. The summed E-state index contributed by atoms with van der Waals surface area (Å²) in [5.74, 6) is 0.783. The summed E-state index contributed by atoms with van der Waals surface area (Å²) in [6.45, 7) is 3.12. The summed E-state index contributed by atoms with van der Waals surface area (Å²) in [6.07, 6.45) is 2.26. The number of hydrogen-bond acceptors (Lipinski definition) is 3. The topological polar surface area (TPSA) is 47.3 Å². The molecule has 0 aliphatic carbocycles. The molecule has 1 heterocycles. The van der Waals surface area contributed by atoms with E-state index >= 15 is 0 Å². The second kappa shape index (κ2) is 4.11. The third-order valence-corrected chi connectivity index (χ3v) is 3.04. The van der Waals surface area contributed by atoms with Crippen molar-refractivity contribution in [3.05, 3.63) is 23.3 Å². The number of hydrogen-bond donors (Lipinski definition) is 2. The zero-order valence-corrected chi connectivity index (χ0v) is 9.34. The molecule has 0 fully saturated rings. The van der Waals surface area contributed by atoms with Crippen LogP contribution < -0.4 is 15.8 Å².